The summed E-state index contributed by atoms with van der Waals surface area (Å²) in [4.78, 5) is 23.5. The number of ether oxygens (including phenoxy) is 1. The molecule has 0 radical (unpaired) electrons. The quantitative estimate of drug-likeness (QED) is 0.761. The van der Waals surface area contributed by atoms with E-state index in [0.29, 0.717) is 17.0 Å². The number of hydrogen-bond donors (Lipinski definition) is 2. The van der Waals surface area contributed by atoms with E-state index < -0.39 is 0 Å². The van der Waals surface area contributed by atoms with Crippen LogP contribution in [0.1, 0.15) is 31.1 Å². The zero-order valence-electron chi connectivity index (χ0n) is 14.1. The second-order valence-corrected chi connectivity index (χ2v) is 5.70. The maximum Gasteiger partial charge on any atom is 0.243 e. The van der Waals surface area contributed by atoms with Crippen LogP contribution in [0.3, 0.4) is 0 Å². The summed E-state index contributed by atoms with van der Waals surface area (Å²) in [5.74, 6) is 0.435. The molecule has 0 aliphatic heterocycles. The third-order valence-corrected chi connectivity index (χ3v) is 3.25. The van der Waals surface area contributed by atoms with Gasteiger partial charge in [0.25, 0.3) is 0 Å². The monoisotopic (exact) mass is 326 g/mol. The Kier molecular flexibility index (Phi) is 5.95. The summed E-state index contributed by atoms with van der Waals surface area (Å²) in [6.07, 6.45) is 0.0236. The van der Waals surface area contributed by atoms with Gasteiger partial charge in [0.05, 0.1) is 18.3 Å². The van der Waals surface area contributed by atoms with E-state index in [4.69, 9.17) is 4.74 Å². The molecule has 0 fully saturated rings. The summed E-state index contributed by atoms with van der Waals surface area (Å²) in [5, 5.41) is 5.85. The van der Waals surface area contributed by atoms with Crippen molar-refractivity contribution in [2.45, 2.75) is 26.9 Å². The van der Waals surface area contributed by atoms with Gasteiger partial charge in [0, 0.05) is 11.3 Å². The molecule has 1 amide bonds. The third kappa shape index (κ3) is 5.12. The first-order valence-electron chi connectivity index (χ1n) is 7.86. The number of nitrogens with one attached hydrogen (secondary N) is 2. The van der Waals surface area contributed by atoms with Crippen molar-refractivity contribution >= 4 is 23.1 Å². The Morgan fingerprint density at radius 1 is 1.08 bits per heavy atom. The molecule has 0 aliphatic carbocycles. The summed E-state index contributed by atoms with van der Waals surface area (Å²) < 4.78 is 5.68. The van der Waals surface area contributed by atoms with Crippen molar-refractivity contribution in [1.29, 1.82) is 0 Å². The average molecular weight is 326 g/mol. The van der Waals surface area contributed by atoms with Gasteiger partial charge < -0.3 is 15.4 Å². The number of amides is 1. The number of carbonyl (C=O) groups is 2. The number of para-hydroxylation sites is 2. The molecule has 0 aromatic heterocycles. The summed E-state index contributed by atoms with van der Waals surface area (Å²) in [7, 11) is 0. The molecule has 0 saturated carbocycles. The minimum atomic E-state index is -0.192. The summed E-state index contributed by atoms with van der Waals surface area (Å²) in [6, 6.07) is 14.4. The maximum absolute atomic E-state index is 12.1. The Morgan fingerprint density at radius 3 is 2.54 bits per heavy atom. The first-order valence-corrected chi connectivity index (χ1v) is 7.86. The van der Waals surface area contributed by atoms with E-state index in [1.54, 1.807) is 24.3 Å². The van der Waals surface area contributed by atoms with Crippen molar-refractivity contribution in [2.75, 3.05) is 17.2 Å². The molecule has 0 bridgehead atoms. The minimum absolute atomic E-state index is 0.0112. The van der Waals surface area contributed by atoms with E-state index in [2.05, 4.69) is 10.6 Å². The van der Waals surface area contributed by atoms with Crippen molar-refractivity contribution in [3.05, 3.63) is 54.1 Å². The van der Waals surface area contributed by atoms with E-state index in [0.717, 1.165) is 5.69 Å². The predicted molar refractivity (Wildman–Crippen MR) is 95.8 cm³/mol. The van der Waals surface area contributed by atoms with Gasteiger partial charge in [0.2, 0.25) is 5.91 Å². The lowest BCUT2D eigenvalue weighted by atomic mass is 10.1. The van der Waals surface area contributed by atoms with Gasteiger partial charge in [0.15, 0.2) is 5.78 Å². The Bertz CT molecular complexity index is 726. The van der Waals surface area contributed by atoms with Gasteiger partial charge in [-0.15, -0.1) is 0 Å². The molecule has 2 aromatic rings. The molecule has 0 aliphatic rings. The molecular weight excluding hydrogens is 304 g/mol. The molecule has 2 N–H and O–H groups in total. The van der Waals surface area contributed by atoms with Crippen LogP contribution in [0.5, 0.6) is 5.75 Å². The normalized spacial score (nSPS) is 10.3. The Hall–Kier alpha value is -2.82. The lowest BCUT2D eigenvalue weighted by molar-refractivity contribution is -0.114. The second-order valence-electron chi connectivity index (χ2n) is 5.70. The van der Waals surface area contributed by atoms with Crippen molar-refractivity contribution < 1.29 is 14.3 Å². The van der Waals surface area contributed by atoms with Crippen molar-refractivity contribution in [2.24, 2.45) is 0 Å². The number of Topliss-reactive ketones (excluding diaryl/α,β-unsaturated/α-hetero) is 1. The number of rotatable bonds is 7. The van der Waals surface area contributed by atoms with E-state index in [-0.39, 0.29) is 24.3 Å². The fourth-order valence-corrected chi connectivity index (χ4v) is 2.15. The van der Waals surface area contributed by atoms with Gasteiger partial charge in [0.1, 0.15) is 5.75 Å². The van der Waals surface area contributed by atoms with Gasteiger partial charge >= 0.3 is 0 Å². The van der Waals surface area contributed by atoms with E-state index in [1.807, 2.05) is 38.1 Å². The first kappa shape index (κ1) is 17.5. The van der Waals surface area contributed by atoms with Gasteiger partial charge in [-0.3, -0.25) is 9.59 Å². The predicted octanol–water partition coefficient (Wildman–Crippen LogP) is 3.73. The molecule has 5 heteroatoms. The molecule has 126 valence electrons. The first-order chi connectivity index (χ1) is 11.5. The molecule has 5 nitrogen and oxygen atoms in total. The Labute approximate surface area is 142 Å². The molecule has 2 rings (SSSR count). The van der Waals surface area contributed by atoms with E-state index in [1.165, 1.54) is 6.92 Å². The molecule has 2 aromatic carbocycles. The average Bonchev–Trinajstić information content (AvgIpc) is 2.54. The van der Waals surface area contributed by atoms with Gasteiger partial charge in [-0.2, -0.15) is 0 Å². The van der Waals surface area contributed by atoms with Crippen LogP contribution in [0, 0.1) is 0 Å². The number of hydrogen-bond acceptors (Lipinski definition) is 4. The van der Waals surface area contributed by atoms with Crippen LogP contribution < -0.4 is 15.4 Å². The zero-order chi connectivity index (χ0) is 17.5. The smallest absolute Gasteiger partial charge is 0.243 e. The van der Waals surface area contributed by atoms with Gasteiger partial charge in [-0.1, -0.05) is 24.3 Å². The van der Waals surface area contributed by atoms with Crippen molar-refractivity contribution in [3.8, 4) is 5.75 Å². The minimum Gasteiger partial charge on any atom is -0.489 e. The SMILES string of the molecule is CC(=O)c1cccc(NCC(=O)Nc2ccccc2OC(C)C)c1. The van der Waals surface area contributed by atoms with E-state index in [9.17, 15) is 9.59 Å². The highest BCUT2D eigenvalue weighted by Gasteiger charge is 2.09. The van der Waals surface area contributed by atoms with Crippen LogP contribution in [0.25, 0.3) is 0 Å². The van der Waals surface area contributed by atoms with Crippen LogP contribution >= 0.6 is 0 Å². The second kappa shape index (κ2) is 8.15. The molecular formula is C19H22N2O3. The van der Waals surface area contributed by atoms with E-state index >= 15 is 0 Å². The van der Waals surface area contributed by atoms with Gasteiger partial charge in [-0.05, 0) is 45.0 Å². The highest BCUT2D eigenvalue weighted by Crippen LogP contribution is 2.24. The number of benzene rings is 2. The van der Waals surface area contributed by atoms with Crippen LogP contribution in [0.2, 0.25) is 0 Å². The van der Waals surface area contributed by atoms with Crippen LogP contribution in [0.4, 0.5) is 11.4 Å². The fourth-order valence-electron chi connectivity index (χ4n) is 2.15. The molecule has 0 heterocycles. The summed E-state index contributed by atoms with van der Waals surface area (Å²) in [6.45, 7) is 5.47. The van der Waals surface area contributed by atoms with Gasteiger partial charge in [-0.25, -0.2) is 0 Å². The zero-order valence-corrected chi connectivity index (χ0v) is 14.1. The standard InChI is InChI=1S/C19H22N2O3/c1-13(2)24-18-10-5-4-9-17(18)21-19(23)12-20-16-8-6-7-15(11-16)14(3)22/h4-11,13,20H,12H2,1-3H3,(H,21,23). The Morgan fingerprint density at radius 2 is 1.83 bits per heavy atom. The molecule has 0 unspecified atom stereocenters. The molecule has 0 spiro atoms. The topological polar surface area (TPSA) is 67.4 Å². The number of carbonyl (C=O) groups excluding carboxylic acids is 2. The Balaban J connectivity index is 1.97. The highest BCUT2D eigenvalue weighted by molar-refractivity contribution is 5.96. The molecule has 0 saturated heterocycles. The number of ketones is 1. The maximum atomic E-state index is 12.1. The van der Waals surface area contributed by atoms with Crippen LogP contribution in [-0.4, -0.2) is 24.3 Å². The fraction of sp³-hybridized carbons (Fsp3) is 0.263. The molecule has 24 heavy (non-hydrogen) atoms. The molecule has 0 atom stereocenters. The summed E-state index contributed by atoms with van der Waals surface area (Å²) in [5.41, 5.74) is 1.97. The largest absolute Gasteiger partial charge is 0.489 e. The number of anilines is 2. The lowest BCUT2D eigenvalue weighted by Gasteiger charge is -2.15. The van der Waals surface area contributed by atoms with Crippen molar-refractivity contribution in [3.63, 3.8) is 0 Å². The highest BCUT2D eigenvalue weighted by atomic mass is 16.5. The van der Waals surface area contributed by atoms with Crippen LogP contribution in [-0.2, 0) is 4.79 Å². The lowest BCUT2D eigenvalue weighted by Crippen LogP contribution is -2.22. The third-order valence-electron chi connectivity index (χ3n) is 3.25. The van der Waals surface area contributed by atoms with Crippen molar-refractivity contribution in [1.82, 2.24) is 0 Å². The van der Waals surface area contributed by atoms with Crippen LogP contribution in [0.15, 0.2) is 48.5 Å². The summed E-state index contributed by atoms with van der Waals surface area (Å²) >= 11 is 0.